The van der Waals surface area contributed by atoms with Crippen LogP contribution >= 0.6 is 0 Å². The highest BCUT2D eigenvalue weighted by Gasteiger charge is 2.15. The number of pyridine rings is 1. The van der Waals surface area contributed by atoms with E-state index in [4.69, 9.17) is 13.9 Å². The van der Waals surface area contributed by atoms with Gasteiger partial charge in [-0.2, -0.15) is 0 Å². The number of methoxy groups -OCH3 is 2. The van der Waals surface area contributed by atoms with Gasteiger partial charge in [-0.15, -0.1) is 5.10 Å². The number of nitrogens with one attached hydrogen (secondary N) is 1. The molecule has 0 aliphatic rings. The van der Waals surface area contributed by atoms with Crippen LogP contribution in [-0.4, -0.2) is 35.3 Å². The largest absolute Gasteiger partial charge is 0.493 e. The van der Waals surface area contributed by atoms with Crippen molar-refractivity contribution in [2.75, 3.05) is 19.5 Å². The lowest BCUT2D eigenvalue weighted by Crippen LogP contribution is -2.12. The summed E-state index contributed by atoms with van der Waals surface area (Å²) in [6.45, 7) is 0. The Balaban J connectivity index is 1.77. The second-order valence-corrected chi connectivity index (χ2v) is 4.68. The minimum atomic E-state index is -0.405. The maximum Gasteiger partial charge on any atom is 0.322 e. The summed E-state index contributed by atoms with van der Waals surface area (Å²) >= 11 is 0. The van der Waals surface area contributed by atoms with Crippen LogP contribution < -0.4 is 14.8 Å². The van der Waals surface area contributed by atoms with Crippen LogP contribution in [0.3, 0.4) is 0 Å². The van der Waals surface area contributed by atoms with Gasteiger partial charge in [0.1, 0.15) is 0 Å². The number of carbonyl (C=O) groups is 1. The van der Waals surface area contributed by atoms with E-state index in [1.54, 1.807) is 42.7 Å². The second kappa shape index (κ2) is 6.78. The molecule has 0 fully saturated rings. The number of hydrogen-bond acceptors (Lipinski definition) is 7. The highest BCUT2D eigenvalue weighted by molar-refractivity contribution is 6.03. The van der Waals surface area contributed by atoms with E-state index in [0.717, 1.165) is 0 Å². The van der Waals surface area contributed by atoms with Crippen molar-refractivity contribution in [2.24, 2.45) is 0 Å². The molecule has 24 heavy (non-hydrogen) atoms. The van der Waals surface area contributed by atoms with Crippen molar-refractivity contribution in [2.45, 2.75) is 0 Å². The fourth-order valence-corrected chi connectivity index (χ4v) is 2.03. The molecule has 0 bridgehead atoms. The van der Waals surface area contributed by atoms with Crippen molar-refractivity contribution in [3.05, 3.63) is 48.3 Å². The smallest absolute Gasteiger partial charge is 0.322 e. The van der Waals surface area contributed by atoms with E-state index in [0.29, 0.717) is 22.6 Å². The van der Waals surface area contributed by atoms with E-state index in [1.807, 2.05) is 0 Å². The molecule has 0 saturated carbocycles. The summed E-state index contributed by atoms with van der Waals surface area (Å²) < 4.78 is 15.7. The Kier molecular flexibility index (Phi) is 4.37. The van der Waals surface area contributed by atoms with Crippen molar-refractivity contribution >= 4 is 11.9 Å². The molecule has 0 spiro atoms. The number of ether oxygens (including phenoxy) is 2. The molecule has 2 aromatic heterocycles. The summed E-state index contributed by atoms with van der Waals surface area (Å²) in [4.78, 5) is 16.3. The molecule has 1 amide bonds. The topological polar surface area (TPSA) is 99.4 Å². The summed E-state index contributed by atoms with van der Waals surface area (Å²) in [7, 11) is 3.02. The summed E-state index contributed by atoms with van der Waals surface area (Å²) in [6.07, 6.45) is 3.23. The van der Waals surface area contributed by atoms with Crippen LogP contribution in [0.25, 0.3) is 11.5 Å². The summed E-state index contributed by atoms with van der Waals surface area (Å²) in [5, 5.41) is 10.2. The molecule has 0 aliphatic carbocycles. The Morgan fingerprint density at radius 3 is 2.67 bits per heavy atom. The quantitative estimate of drug-likeness (QED) is 0.768. The minimum absolute atomic E-state index is 0.00589. The number of rotatable bonds is 5. The lowest BCUT2D eigenvalue weighted by Gasteiger charge is -2.08. The van der Waals surface area contributed by atoms with Gasteiger partial charge in [0.25, 0.3) is 11.8 Å². The fourth-order valence-electron chi connectivity index (χ4n) is 2.03. The SMILES string of the molecule is COc1ccc(C(=O)Nc2nnc(-c3cccnc3)o2)cc1OC. The van der Waals surface area contributed by atoms with Crippen LogP contribution in [0.1, 0.15) is 10.4 Å². The summed E-state index contributed by atoms with van der Waals surface area (Å²) in [6, 6.07) is 8.33. The molecule has 0 unspecified atom stereocenters. The number of hydrogen-bond donors (Lipinski definition) is 1. The van der Waals surface area contributed by atoms with Gasteiger partial charge in [-0.05, 0) is 30.3 Å². The first-order valence-electron chi connectivity index (χ1n) is 6.98. The Morgan fingerprint density at radius 1 is 1.12 bits per heavy atom. The van der Waals surface area contributed by atoms with Gasteiger partial charge in [-0.25, -0.2) is 0 Å². The van der Waals surface area contributed by atoms with Gasteiger partial charge >= 0.3 is 6.01 Å². The van der Waals surface area contributed by atoms with Crippen molar-refractivity contribution < 1.29 is 18.7 Å². The molecule has 0 aliphatic heterocycles. The van der Waals surface area contributed by atoms with Crippen molar-refractivity contribution in [1.82, 2.24) is 15.2 Å². The molecule has 0 atom stereocenters. The number of nitrogens with zero attached hydrogens (tertiary/aromatic N) is 3. The van der Waals surface area contributed by atoms with Gasteiger partial charge in [0.2, 0.25) is 0 Å². The number of carbonyl (C=O) groups excluding carboxylic acids is 1. The summed E-state index contributed by atoms with van der Waals surface area (Å²) in [5.41, 5.74) is 1.03. The Hall–Kier alpha value is -3.42. The first kappa shape index (κ1) is 15.5. The zero-order valence-corrected chi connectivity index (χ0v) is 13.0. The predicted molar refractivity (Wildman–Crippen MR) is 85.0 cm³/mol. The molecule has 0 saturated heterocycles. The van der Waals surface area contributed by atoms with Crippen molar-refractivity contribution in [3.63, 3.8) is 0 Å². The van der Waals surface area contributed by atoms with Gasteiger partial charge < -0.3 is 13.9 Å². The molecule has 1 aromatic carbocycles. The zero-order valence-electron chi connectivity index (χ0n) is 13.0. The van der Waals surface area contributed by atoms with Crippen LogP contribution in [0.15, 0.2) is 47.1 Å². The molecule has 0 radical (unpaired) electrons. The second-order valence-electron chi connectivity index (χ2n) is 4.68. The average molecular weight is 326 g/mol. The van der Waals surface area contributed by atoms with Crippen molar-refractivity contribution in [3.8, 4) is 23.0 Å². The normalized spacial score (nSPS) is 10.2. The van der Waals surface area contributed by atoms with Gasteiger partial charge in [0.15, 0.2) is 11.5 Å². The standard InChI is InChI=1S/C16H14N4O4/c1-22-12-6-5-10(8-13(12)23-2)14(21)18-16-20-19-15(24-16)11-4-3-7-17-9-11/h3-9H,1-2H3,(H,18,20,21). The number of aromatic nitrogens is 3. The highest BCUT2D eigenvalue weighted by atomic mass is 16.5. The van der Waals surface area contributed by atoms with E-state index in [2.05, 4.69) is 20.5 Å². The third-order valence-electron chi connectivity index (χ3n) is 3.20. The molecule has 122 valence electrons. The minimum Gasteiger partial charge on any atom is -0.493 e. The molecule has 1 N–H and O–H groups in total. The molecule has 8 nitrogen and oxygen atoms in total. The number of amides is 1. The lowest BCUT2D eigenvalue weighted by atomic mass is 10.2. The summed E-state index contributed by atoms with van der Waals surface area (Å²) in [5.74, 6) is 0.848. The van der Waals surface area contributed by atoms with Gasteiger partial charge in [-0.1, -0.05) is 5.10 Å². The van der Waals surface area contributed by atoms with Gasteiger partial charge in [-0.3, -0.25) is 15.1 Å². The molecule has 3 rings (SSSR count). The third kappa shape index (κ3) is 3.17. The number of benzene rings is 1. The Morgan fingerprint density at radius 2 is 1.96 bits per heavy atom. The van der Waals surface area contributed by atoms with E-state index in [9.17, 15) is 4.79 Å². The van der Waals surface area contributed by atoms with E-state index < -0.39 is 5.91 Å². The first-order chi connectivity index (χ1) is 11.7. The van der Waals surface area contributed by atoms with Crippen LogP contribution in [0.4, 0.5) is 6.01 Å². The van der Waals surface area contributed by atoms with Crippen LogP contribution in [-0.2, 0) is 0 Å². The average Bonchev–Trinajstić information content (AvgIpc) is 3.10. The molecule has 3 aromatic rings. The molecule has 2 heterocycles. The van der Waals surface area contributed by atoms with Gasteiger partial charge in [0.05, 0.1) is 19.8 Å². The van der Waals surface area contributed by atoms with E-state index in [-0.39, 0.29) is 11.9 Å². The molecular formula is C16H14N4O4. The molecule has 8 heteroatoms. The lowest BCUT2D eigenvalue weighted by molar-refractivity contribution is 0.102. The monoisotopic (exact) mass is 326 g/mol. The highest BCUT2D eigenvalue weighted by Crippen LogP contribution is 2.28. The number of anilines is 1. The van der Waals surface area contributed by atoms with Gasteiger partial charge in [0, 0.05) is 18.0 Å². The third-order valence-corrected chi connectivity index (χ3v) is 3.20. The predicted octanol–water partition coefficient (Wildman–Crippen LogP) is 2.40. The van der Waals surface area contributed by atoms with Crippen LogP contribution in [0.5, 0.6) is 11.5 Å². The fraction of sp³-hybridized carbons (Fsp3) is 0.125. The van der Waals surface area contributed by atoms with E-state index in [1.165, 1.54) is 14.2 Å². The maximum atomic E-state index is 12.3. The Labute approximate surface area is 137 Å². The van der Waals surface area contributed by atoms with Crippen molar-refractivity contribution in [1.29, 1.82) is 0 Å². The zero-order chi connectivity index (χ0) is 16.9. The maximum absolute atomic E-state index is 12.3. The molecular weight excluding hydrogens is 312 g/mol. The van der Waals surface area contributed by atoms with E-state index >= 15 is 0 Å². The van der Waals surface area contributed by atoms with Crippen LogP contribution in [0, 0.1) is 0 Å². The van der Waals surface area contributed by atoms with Crippen LogP contribution in [0.2, 0.25) is 0 Å². The first-order valence-corrected chi connectivity index (χ1v) is 6.98. The Bertz CT molecular complexity index is 848.